The molecule has 3 rings (SSSR count). The number of alkyl halides is 2. The van der Waals surface area contributed by atoms with Crippen LogP contribution >= 0.6 is 0 Å². The Labute approximate surface area is 134 Å². The molecule has 0 radical (unpaired) electrons. The first-order chi connectivity index (χ1) is 11.1. The molecule has 1 atom stereocenters. The number of carbonyl (C=O) groups excluding carboxylic acids is 1. The summed E-state index contributed by atoms with van der Waals surface area (Å²) in [6.45, 7) is 2.51. The fourth-order valence-electron chi connectivity index (χ4n) is 3.16. The van der Waals surface area contributed by atoms with Gasteiger partial charge in [-0.2, -0.15) is 0 Å². The summed E-state index contributed by atoms with van der Waals surface area (Å²) in [5.41, 5.74) is 0.434. The number of halogens is 2. The third-order valence-electron chi connectivity index (χ3n) is 4.32. The minimum atomic E-state index is -2.68. The van der Waals surface area contributed by atoms with Crippen LogP contribution in [0.2, 0.25) is 0 Å². The van der Waals surface area contributed by atoms with E-state index in [-0.39, 0.29) is 18.7 Å². The number of hydrogen-bond acceptors (Lipinski definition) is 4. The summed E-state index contributed by atoms with van der Waals surface area (Å²) >= 11 is 0. The number of nitrogens with one attached hydrogen (secondary N) is 1. The normalized spacial score (nSPS) is 24.3. The molecule has 0 aromatic carbocycles. The van der Waals surface area contributed by atoms with E-state index < -0.39 is 12.0 Å². The molecule has 126 valence electrons. The van der Waals surface area contributed by atoms with E-state index in [4.69, 9.17) is 4.74 Å². The number of rotatable bonds is 3. The number of aromatic nitrogens is 1. The van der Waals surface area contributed by atoms with Crippen molar-refractivity contribution >= 4 is 11.7 Å². The maximum absolute atomic E-state index is 13.5. The van der Waals surface area contributed by atoms with Crippen molar-refractivity contribution in [3.8, 4) is 0 Å². The van der Waals surface area contributed by atoms with Crippen molar-refractivity contribution in [3.63, 3.8) is 0 Å². The highest BCUT2D eigenvalue weighted by Gasteiger charge is 2.37. The van der Waals surface area contributed by atoms with Gasteiger partial charge < -0.3 is 15.0 Å². The van der Waals surface area contributed by atoms with E-state index in [1.165, 1.54) is 0 Å². The van der Waals surface area contributed by atoms with Crippen molar-refractivity contribution in [2.24, 2.45) is 0 Å². The molecule has 1 amide bonds. The minimum absolute atomic E-state index is 0.0920. The van der Waals surface area contributed by atoms with Crippen LogP contribution in [0.5, 0.6) is 0 Å². The van der Waals surface area contributed by atoms with E-state index >= 15 is 0 Å². The van der Waals surface area contributed by atoms with Gasteiger partial charge in [0, 0.05) is 38.2 Å². The SMILES string of the molecule is O=C(NC1CCCC(F)(F)C1)c1cccnc1N1CCOCC1. The number of amides is 1. The second kappa shape index (κ2) is 6.78. The van der Waals surface area contributed by atoms with E-state index in [0.717, 1.165) is 0 Å². The quantitative estimate of drug-likeness (QED) is 0.926. The number of carbonyl (C=O) groups is 1. The Morgan fingerprint density at radius 1 is 1.39 bits per heavy atom. The molecule has 1 aliphatic heterocycles. The molecule has 1 N–H and O–H groups in total. The third-order valence-corrected chi connectivity index (χ3v) is 4.32. The van der Waals surface area contributed by atoms with Crippen LogP contribution in [0, 0.1) is 0 Å². The molecule has 2 heterocycles. The van der Waals surface area contributed by atoms with Crippen LogP contribution in [-0.4, -0.2) is 49.2 Å². The van der Waals surface area contributed by atoms with E-state index in [1.54, 1.807) is 18.3 Å². The summed E-state index contributed by atoms with van der Waals surface area (Å²) < 4.78 is 32.3. The zero-order valence-corrected chi connectivity index (χ0v) is 12.9. The van der Waals surface area contributed by atoms with Crippen molar-refractivity contribution in [2.45, 2.75) is 37.6 Å². The minimum Gasteiger partial charge on any atom is -0.378 e. The smallest absolute Gasteiger partial charge is 0.255 e. The summed E-state index contributed by atoms with van der Waals surface area (Å²) in [5, 5.41) is 2.75. The molecular weight excluding hydrogens is 304 g/mol. The predicted octanol–water partition coefficient (Wildman–Crippen LogP) is 2.23. The molecule has 1 aromatic heterocycles. The average Bonchev–Trinajstić information content (AvgIpc) is 2.55. The van der Waals surface area contributed by atoms with Crippen LogP contribution in [0.4, 0.5) is 14.6 Å². The monoisotopic (exact) mass is 325 g/mol. The van der Waals surface area contributed by atoms with Crippen LogP contribution in [0.3, 0.4) is 0 Å². The standard InChI is InChI=1S/C16H21F2N3O2/c17-16(18)5-1-3-12(11-16)20-15(22)13-4-2-6-19-14(13)21-7-9-23-10-8-21/h2,4,6,12H,1,3,5,7-11H2,(H,20,22). The lowest BCUT2D eigenvalue weighted by Gasteiger charge is -2.31. The van der Waals surface area contributed by atoms with Crippen LogP contribution in [0.25, 0.3) is 0 Å². The Hall–Kier alpha value is -1.76. The van der Waals surface area contributed by atoms with Gasteiger partial charge in [0.05, 0.1) is 18.8 Å². The number of hydrogen-bond donors (Lipinski definition) is 1. The zero-order chi connectivity index (χ0) is 16.3. The maximum Gasteiger partial charge on any atom is 0.255 e. The largest absolute Gasteiger partial charge is 0.378 e. The highest BCUT2D eigenvalue weighted by molar-refractivity contribution is 5.99. The van der Waals surface area contributed by atoms with E-state index in [9.17, 15) is 13.6 Å². The van der Waals surface area contributed by atoms with Crippen molar-refractivity contribution in [2.75, 3.05) is 31.2 Å². The molecule has 1 saturated carbocycles. The Balaban J connectivity index is 1.72. The van der Waals surface area contributed by atoms with Crippen molar-refractivity contribution in [3.05, 3.63) is 23.9 Å². The van der Waals surface area contributed by atoms with Crippen molar-refractivity contribution in [1.29, 1.82) is 0 Å². The average molecular weight is 325 g/mol. The third kappa shape index (κ3) is 3.96. The lowest BCUT2D eigenvalue weighted by Crippen LogP contribution is -2.43. The molecular formula is C16H21F2N3O2. The summed E-state index contributed by atoms with van der Waals surface area (Å²) in [7, 11) is 0. The fourth-order valence-corrected chi connectivity index (χ4v) is 3.16. The van der Waals surface area contributed by atoms with E-state index in [2.05, 4.69) is 10.3 Å². The molecule has 2 aliphatic rings. The molecule has 0 spiro atoms. The Morgan fingerprint density at radius 3 is 2.91 bits per heavy atom. The molecule has 0 bridgehead atoms. The number of pyridine rings is 1. The second-order valence-corrected chi connectivity index (χ2v) is 6.10. The Bertz CT molecular complexity index is 562. The summed E-state index contributed by atoms with van der Waals surface area (Å²) in [6.07, 6.45) is 2.28. The van der Waals surface area contributed by atoms with Crippen LogP contribution < -0.4 is 10.2 Å². The molecule has 2 fully saturated rings. The summed E-state index contributed by atoms with van der Waals surface area (Å²) in [6, 6.07) is 2.90. The lowest BCUT2D eigenvalue weighted by molar-refractivity contribution is -0.0429. The number of ether oxygens (including phenoxy) is 1. The van der Waals surface area contributed by atoms with Gasteiger partial charge >= 0.3 is 0 Å². The van der Waals surface area contributed by atoms with Gasteiger partial charge in [-0.15, -0.1) is 0 Å². The molecule has 5 nitrogen and oxygen atoms in total. The lowest BCUT2D eigenvalue weighted by atomic mass is 9.92. The highest BCUT2D eigenvalue weighted by atomic mass is 19.3. The fraction of sp³-hybridized carbons (Fsp3) is 0.625. The molecule has 1 aliphatic carbocycles. The first-order valence-corrected chi connectivity index (χ1v) is 8.01. The highest BCUT2D eigenvalue weighted by Crippen LogP contribution is 2.33. The summed E-state index contributed by atoms with van der Waals surface area (Å²) in [4.78, 5) is 18.8. The zero-order valence-electron chi connectivity index (χ0n) is 12.9. The van der Waals surface area contributed by atoms with Crippen molar-refractivity contribution in [1.82, 2.24) is 10.3 Å². The molecule has 1 unspecified atom stereocenters. The van der Waals surface area contributed by atoms with Gasteiger partial charge in [-0.05, 0) is 25.0 Å². The molecule has 23 heavy (non-hydrogen) atoms. The van der Waals surface area contributed by atoms with E-state index in [1.807, 2.05) is 4.90 Å². The van der Waals surface area contributed by atoms with Crippen LogP contribution in [0.1, 0.15) is 36.0 Å². The topological polar surface area (TPSA) is 54.5 Å². The first-order valence-electron chi connectivity index (χ1n) is 8.01. The van der Waals surface area contributed by atoms with Gasteiger partial charge in [0.1, 0.15) is 5.82 Å². The van der Waals surface area contributed by atoms with Crippen LogP contribution in [-0.2, 0) is 4.74 Å². The van der Waals surface area contributed by atoms with Gasteiger partial charge in [0.15, 0.2) is 0 Å². The van der Waals surface area contributed by atoms with Gasteiger partial charge in [-0.1, -0.05) is 0 Å². The number of morpholine rings is 1. The summed E-state index contributed by atoms with van der Waals surface area (Å²) in [5.74, 6) is -2.42. The van der Waals surface area contributed by atoms with Gasteiger partial charge in [0.2, 0.25) is 5.92 Å². The Morgan fingerprint density at radius 2 is 2.17 bits per heavy atom. The maximum atomic E-state index is 13.5. The first kappa shape index (κ1) is 16.1. The Kier molecular flexibility index (Phi) is 4.75. The number of nitrogens with zero attached hydrogens (tertiary/aromatic N) is 2. The number of anilines is 1. The van der Waals surface area contributed by atoms with Gasteiger partial charge in [-0.25, -0.2) is 13.8 Å². The second-order valence-electron chi connectivity index (χ2n) is 6.10. The van der Waals surface area contributed by atoms with Crippen LogP contribution in [0.15, 0.2) is 18.3 Å². The molecule has 1 aromatic rings. The van der Waals surface area contributed by atoms with Crippen molar-refractivity contribution < 1.29 is 18.3 Å². The van der Waals surface area contributed by atoms with Gasteiger partial charge in [0.25, 0.3) is 5.91 Å². The molecule has 1 saturated heterocycles. The molecule has 7 heteroatoms. The van der Waals surface area contributed by atoms with Gasteiger partial charge in [-0.3, -0.25) is 4.79 Å². The predicted molar refractivity (Wildman–Crippen MR) is 81.9 cm³/mol. The van der Waals surface area contributed by atoms with E-state index in [0.29, 0.717) is 50.5 Å².